The molecule has 2 aromatic carbocycles. The quantitative estimate of drug-likeness (QED) is 0.742. The zero-order valence-corrected chi connectivity index (χ0v) is 18.6. The van der Waals surface area contributed by atoms with E-state index < -0.39 is 0 Å². The summed E-state index contributed by atoms with van der Waals surface area (Å²) < 4.78 is 5.45. The number of hydrogen-bond donors (Lipinski definition) is 1. The molecule has 7 nitrogen and oxygen atoms in total. The van der Waals surface area contributed by atoms with Crippen molar-refractivity contribution in [2.45, 2.75) is 19.5 Å². The minimum Gasteiger partial charge on any atom is -0.379 e. The Balaban J connectivity index is 1.75. The molecular weight excluding hydrogens is 392 g/mol. The molecule has 31 heavy (non-hydrogen) atoms. The summed E-state index contributed by atoms with van der Waals surface area (Å²) in [5.41, 5.74) is 2.22. The van der Waals surface area contributed by atoms with Gasteiger partial charge >= 0.3 is 6.03 Å². The molecule has 0 spiro atoms. The van der Waals surface area contributed by atoms with Crippen molar-refractivity contribution in [3.05, 3.63) is 65.7 Å². The van der Waals surface area contributed by atoms with Crippen LogP contribution in [0.5, 0.6) is 0 Å². The largest absolute Gasteiger partial charge is 0.379 e. The van der Waals surface area contributed by atoms with Crippen LogP contribution in [0.15, 0.2) is 54.6 Å². The molecule has 166 valence electrons. The fourth-order valence-electron chi connectivity index (χ4n) is 3.65. The Kier molecular flexibility index (Phi) is 8.03. The predicted molar refractivity (Wildman–Crippen MR) is 122 cm³/mol. The number of rotatable bonds is 7. The number of carbonyl (C=O) groups is 2. The highest BCUT2D eigenvalue weighted by Crippen LogP contribution is 2.16. The van der Waals surface area contributed by atoms with Gasteiger partial charge in [-0.1, -0.05) is 36.4 Å². The Hall–Kier alpha value is -2.90. The van der Waals surface area contributed by atoms with Crippen LogP contribution in [-0.2, 0) is 11.3 Å². The van der Waals surface area contributed by atoms with Crippen molar-refractivity contribution in [3.8, 4) is 0 Å². The van der Waals surface area contributed by atoms with Gasteiger partial charge in [0, 0.05) is 57.6 Å². The number of nitrogens with zero attached hydrogens (tertiary/aromatic N) is 3. The summed E-state index contributed by atoms with van der Waals surface area (Å²) in [5.74, 6) is -0.0991. The molecule has 7 heteroatoms. The van der Waals surface area contributed by atoms with Crippen LogP contribution in [0.4, 0.5) is 10.5 Å². The number of morpholine rings is 1. The first-order chi connectivity index (χ1) is 14.9. The lowest BCUT2D eigenvalue weighted by Gasteiger charge is -2.35. The van der Waals surface area contributed by atoms with E-state index in [2.05, 4.69) is 17.1 Å². The number of urea groups is 1. The third kappa shape index (κ3) is 6.54. The third-order valence-electron chi connectivity index (χ3n) is 5.38. The summed E-state index contributed by atoms with van der Waals surface area (Å²) in [4.78, 5) is 31.3. The van der Waals surface area contributed by atoms with Gasteiger partial charge in [-0.25, -0.2) is 4.79 Å². The molecule has 1 fully saturated rings. The van der Waals surface area contributed by atoms with Gasteiger partial charge < -0.3 is 19.9 Å². The Morgan fingerprint density at radius 1 is 1.06 bits per heavy atom. The fraction of sp³-hybridized carbons (Fsp3) is 0.417. The van der Waals surface area contributed by atoms with Crippen molar-refractivity contribution in [1.29, 1.82) is 0 Å². The molecule has 0 aliphatic carbocycles. The van der Waals surface area contributed by atoms with Gasteiger partial charge in [0.25, 0.3) is 5.91 Å². The first-order valence-electron chi connectivity index (χ1n) is 10.7. The molecule has 1 unspecified atom stereocenters. The monoisotopic (exact) mass is 424 g/mol. The molecule has 0 aromatic heterocycles. The average molecular weight is 425 g/mol. The summed E-state index contributed by atoms with van der Waals surface area (Å²) in [6, 6.07) is 16.9. The number of anilines is 1. The van der Waals surface area contributed by atoms with Crippen molar-refractivity contribution in [2.75, 3.05) is 52.3 Å². The molecule has 0 saturated carbocycles. The molecule has 0 bridgehead atoms. The van der Waals surface area contributed by atoms with E-state index in [1.165, 1.54) is 4.90 Å². The molecule has 1 atom stereocenters. The summed E-state index contributed by atoms with van der Waals surface area (Å²) in [6.07, 6.45) is 0. The lowest BCUT2D eigenvalue weighted by atomic mass is 10.1. The van der Waals surface area contributed by atoms with Crippen molar-refractivity contribution in [2.24, 2.45) is 0 Å². The number of carbonyl (C=O) groups excluding carboxylic acids is 2. The van der Waals surface area contributed by atoms with E-state index in [0.29, 0.717) is 17.8 Å². The van der Waals surface area contributed by atoms with E-state index in [1.54, 1.807) is 38.4 Å². The molecule has 3 amide bonds. The second-order valence-corrected chi connectivity index (χ2v) is 8.09. The minimum absolute atomic E-state index is 0.00453. The van der Waals surface area contributed by atoms with Gasteiger partial charge in [-0.3, -0.25) is 9.69 Å². The molecule has 2 aromatic rings. The fourth-order valence-corrected chi connectivity index (χ4v) is 3.65. The zero-order chi connectivity index (χ0) is 22.2. The number of ether oxygens (including phenoxy) is 1. The normalized spacial score (nSPS) is 15.2. The van der Waals surface area contributed by atoms with E-state index in [9.17, 15) is 9.59 Å². The highest BCUT2D eigenvalue weighted by molar-refractivity contribution is 5.96. The van der Waals surface area contributed by atoms with E-state index in [1.807, 2.05) is 35.2 Å². The van der Waals surface area contributed by atoms with Crippen LogP contribution in [0.3, 0.4) is 0 Å². The first-order valence-corrected chi connectivity index (χ1v) is 10.7. The second-order valence-electron chi connectivity index (χ2n) is 8.09. The molecule has 3 rings (SSSR count). The van der Waals surface area contributed by atoms with Crippen LogP contribution in [0.2, 0.25) is 0 Å². The zero-order valence-electron chi connectivity index (χ0n) is 18.6. The Morgan fingerprint density at radius 3 is 2.45 bits per heavy atom. The lowest BCUT2D eigenvalue weighted by Crippen LogP contribution is -2.49. The molecule has 1 heterocycles. The summed E-state index contributed by atoms with van der Waals surface area (Å²) in [6.45, 7) is 6.56. The average Bonchev–Trinajstić information content (AvgIpc) is 2.78. The van der Waals surface area contributed by atoms with E-state index in [-0.39, 0.29) is 18.0 Å². The third-order valence-corrected chi connectivity index (χ3v) is 5.38. The van der Waals surface area contributed by atoms with Gasteiger partial charge in [-0.2, -0.15) is 0 Å². The Labute approximate surface area is 184 Å². The lowest BCUT2D eigenvalue weighted by molar-refractivity contribution is 0.0277. The number of nitrogens with one attached hydrogen (secondary N) is 1. The van der Waals surface area contributed by atoms with Crippen LogP contribution < -0.4 is 5.32 Å². The van der Waals surface area contributed by atoms with Gasteiger partial charge in [0.2, 0.25) is 0 Å². The standard InChI is InChI=1S/C24H32N4O3/c1-19(17-27-12-14-31-15-13-27)28(18-20-8-5-4-6-9-20)24(30)25-22-11-7-10-21(16-22)23(29)26(2)3/h4-11,16,19H,12-15,17-18H2,1-3H3,(H,25,30). The van der Waals surface area contributed by atoms with Gasteiger partial charge in [0.1, 0.15) is 0 Å². The molecular formula is C24H32N4O3. The summed E-state index contributed by atoms with van der Waals surface area (Å²) >= 11 is 0. The Bertz CT molecular complexity index is 866. The molecule has 1 aliphatic heterocycles. The van der Waals surface area contributed by atoms with E-state index in [0.717, 1.165) is 38.4 Å². The maximum atomic E-state index is 13.3. The number of hydrogen-bond acceptors (Lipinski definition) is 4. The van der Waals surface area contributed by atoms with Gasteiger partial charge in [-0.05, 0) is 30.7 Å². The minimum atomic E-state index is -0.181. The van der Waals surface area contributed by atoms with Crippen LogP contribution in [0.1, 0.15) is 22.8 Å². The van der Waals surface area contributed by atoms with E-state index >= 15 is 0 Å². The maximum Gasteiger partial charge on any atom is 0.322 e. The predicted octanol–water partition coefficient (Wildman–Crippen LogP) is 3.14. The molecule has 1 saturated heterocycles. The molecule has 1 N–H and O–H groups in total. The van der Waals surface area contributed by atoms with Gasteiger partial charge in [-0.15, -0.1) is 0 Å². The van der Waals surface area contributed by atoms with Crippen LogP contribution in [0.25, 0.3) is 0 Å². The van der Waals surface area contributed by atoms with Crippen LogP contribution in [-0.4, -0.2) is 79.6 Å². The van der Waals surface area contributed by atoms with Gasteiger partial charge in [0.15, 0.2) is 0 Å². The van der Waals surface area contributed by atoms with Crippen molar-refractivity contribution in [1.82, 2.24) is 14.7 Å². The van der Waals surface area contributed by atoms with Crippen molar-refractivity contribution >= 4 is 17.6 Å². The van der Waals surface area contributed by atoms with Crippen molar-refractivity contribution < 1.29 is 14.3 Å². The molecule has 0 radical (unpaired) electrons. The van der Waals surface area contributed by atoms with Crippen LogP contribution in [0, 0.1) is 0 Å². The summed E-state index contributed by atoms with van der Waals surface area (Å²) in [7, 11) is 3.42. The van der Waals surface area contributed by atoms with Crippen molar-refractivity contribution in [3.63, 3.8) is 0 Å². The first kappa shape index (κ1) is 22.8. The smallest absolute Gasteiger partial charge is 0.322 e. The number of amides is 3. The maximum absolute atomic E-state index is 13.3. The van der Waals surface area contributed by atoms with E-state index in [4.69, 9.17) is 4.74 Å². The number of benzene rings is 2. The molecule has 1 aliphatic rings. The summed E-state index contributed by atoms with van der Waals surface area (Å²) in [5, 5.41) is 2.99. The topological polar surface area (TPSA) is 65.1 Å². The second kappa shape index (κ2) is 10.9. The van der Waals surface area contributed by atoms with Gasteiger partial charge in [0.05, 0.1) is 13.2 Å². The highest BCUT2D eigenvalue weighted by atomic mass is 16.5. The van der Waals surface area contributed by atoms with Crippen LogP contribution >= 0.6 is 0 Å². The SMILES string of the molecule is CC(CN1CCOCC1)N(Cc1ccccc1)C(=O)Nc1cccc(C(=O)N(C)C)c1. The highest BCUT2D eigenvalue weighted by Gasteiger charge is 2.24. The Morgan fingerprint density at radius 2 is 1.77 bits per heavy atom.